The van der Waals surface area contributed by atoms with Crippen LogP contribution in [0.2, 0.25) is 0 Å². The second-order valence-electron chi connectivity index (χ2n) is 4.07. The summed E-state index contributed by atoms with van der Waals surface area (Å²) in [5, 5.41) is 11.5. The van der Waals surface area contributed by atoms with Gasteiger partial charge in [-0.25, -0.2) is 4.68 Å². The van der Waals surface area contributed by atoms with Crippen LogP contribution >= 0.6 is 0 Å². The Hall–Kier alpha value is -1.21. The number of ether oxygens (including phenoxy) is 1. The molecule has 7 nitrogen and oxygen atoms in total. The van der Waals surface area contributed by atoms with E-state index in [9.17, 15) is 0 Å². The summed E-state index contributed by atoms with van der Waals surface area (Å²) < 4.78 is 7.05. The van der Waals surface area contributed by atoms with E-state index in [1.54, 1.807) is 11.8 Å². The molecule has 0 aromatic carbocycles. The van der Waals surface area contributed by atoms with E-state index in [2.05, 4.69) is 20.4 Å². The third-order valence-corrected chi connectivity index (χ3v) is 3.13. The molecule has 2 unspecified atom stereocenters. The fraction of sp³-hybridized carbons (Fsp3) is 0.889. The number of tetrazole rings is 1. The number of hydrogen-bond acceptors (Lipinski definition) is 6. The summed E-state index contributed by atoms with van der Waals surface area (Å²) in [6, 6.07) is 0.253. The first-order valence-corrected chi connectivity index (χ1v) is 5.48. The summed E-state index contributed by atoms with van der Waals surface area (Å²) >= 11 is 0. The van der Waals surface area contributed by atoms with Crippen molar-refractivity contribution < 1.29 is 4.74 Å². The van der Waals surface area contributed by atoms with Gasteiger partial charge in [0.1, 0.15) is 0 Å². The number of piperidine rings is 1. The average molecular weight is 226 g/mol. The van der Waals surface area contributed by atoms with Gasteiger partial charge in [-0.1, -0.05) is 5.10 Å². The van der Waals surface area contributed by atoms with Crippen LogP contribution in [-0.4, -0.2) is 52.6 Å². The Morgan fingerprint density at radius 1 is 1.56 bits per heavy atom. The van der Waals surface area contributed by atoms with Gasteiger partial charge in [-0.15, -0.1) is 0 Å². The Labute approximate surface area is 94.5 Å². The van der Waals surface area contributed by atoms with Crippen molar-refractivity contribution in [2.75, 3.05) is 25.1 Å². The molecule has 1 aromatic rings. The lowest BCUT2D eigenvalue weighted by Crippen LogP contribution is -2.49. The van der Waals surface area contributed by atoms with Gasteiger partial charge < -0.3 is 15.4 Å². The summed E-state index contributed by atoms with van der Waals surface area (Å²) in [7, 11) is 3.59. The van der Waals surface area contributed by atoms with E-state index in [1.807, 2.05) is 7.05 Å². The number of aromatic nitrogens is 4. The zero-order valence-corrected chi connectivity index (χ0v) is 9.70. The molecule has 1 aromatic heterocycles. The molecule has 7 heteroatoms. The lowest BCUT2D eigenvalue weighted by molar-refractivity contribution is 0.0704. The minimum absolute atomic E-state index is 0.253. The van der Waals surface area contributed by atoms with Crippen LogP contribution in [0.1, 0.15) is 12.8 Å². The van der Waals surface area contributed by atoms with Gasteiger partial charge >= 0.3 is 0 Å². The van der Waals surface area contributed by atoms with Crippen molar-refractivity contribution in [2.45, 2.75) is 25.0 Å². The highest BCUT2D eigenvalue weighted by atomic mass is 16.5. The summed E-state index contributed by atoms with van der Waals surface area (Å²) in [5.74, 6) is 0.782. The Morgan fingerprint density at radius 3 is 2.94 bits per heavy atom. The van der Waals surface area contributed by atoms with E-state index in [1.165, 1.54) is 0 Å². The summed E-state index contributed by atoms with van der Waals surface area (Å²) in [6.45, 7) is 1.47. The molecule has 0 radical (unpaired) electrons. The highest BCUT2D eigenvalue weighted by Crippen LogP contribution is 2.23. The summed E-state index contributed by atoms with van der Waals surface area (Å²) in [4.78, 5) is 2.16. The van der Waals surface area contributed by atoms with E-state index in [4.69, 9.17) is 10.5 Å². The highest BCUT2D eigenvalue weighted by molar-refractivity contribution is 5.31. The van der Waals surface area contributed by atoms with E-state index in [0.717, 1.165) is 25.3 Å². The molecule has 2 atom stereocenters. The van der Waals surface area contributed by atoms with E-state index in [0.29, 0.717) is 12.6 Å². The number of nitrogens with zero attached hydrogens (tertiary/aromatic N) is 5. The Bertz CT molecular complexity index is 340. The first kappa shape index (κ1) is 11.3. The molecule has 2 heterocycles. The third-order valence-electron chi connectivity index (χ3n) is 3.13. The van der Waals surface area contributed by atoms with Crippen molar-refractivity contribution in [1.29, 1.82) is 0 Å². The van der Waals surface area contributed by atoms with Gasteiger partial charge in [-0.2, -0.15) is 0 Å². The summed E-state index contributed by atoms with van der Waals surface area (Å²) in [6.07, 6.45) is 2.21. The molecule has 0 spiro atoms. The van der Waals surface area contributed by atoms with Crippen LogP contribution in [0.4, 0.5) is 5.95 Å². The molecular weight excluding hydrogens is 208 g/mol. The Kier molecular flexibility index (Phi) is 3.35. The fourth-order valence-corrected chi connectivity index (χ4v) is 2.18. The maximum atomic E-state index is 5.79. The Balaban J connectivity index is 2.13. The van der Waals surface area contributed by atoms with E-state index in [-0.39, 0.29) is 6.04 Å². The molecule has 0 amide bonds. The molecular formula is C9H18N6O. The van der Waals surface area contributed by atoms with Gasteiger partial charge in [-0.05, 0) is 23.3 Å². The van der Waals surface area contributed by atoms with Crippen LogP contribution in [-0.2, 0) is 11.8 Å². The molecule has 16 heavy (non-hydrogen) atoms. The van der Waals surface area contributed by atoms with Gasteiger partial charge in [0.15, 0.2) is 0 Å². The second-order valence-corrected chi connectivity index (χ2v) is 4.07. The van der Waals surface area contributed by atoms with Gasteiger partial charge in [0.2, 0.25) is 5.95 Å². The number of nitrogens with two attached hydrogens (primary N) is 1. The molecule has 0 aliphatic carbocycles. The van der Waals surface area contributed by atoms with E-state index >= 15 is 0 Å². The molecule has 1 aliphatic heterocycles. The fourth-order valence-electron chi connectivity index (χ4n) is 2.18. The lowest BCUT2D eigenvalue weighted by Gasteiger charge is -2.38. The van der Waals surface area contributed by atoms with Crippen LogP contribution < -0.4 is 10.6 Å². The Morgan fingerprint density at radius 2 is 2.38 bits per heavy atom. The molecule has 0 saturated carbocycles. The SMILES string of the molecule is COC1CCN(c2nnnn2C)C(CN)C1. The molecule has 1 fully saturated rings. The predicted octanol–water partition coefficient (Wildman–Crippen LogP) is -0.847. The third kappa shape index (κ3) is 2.00. The molecule has 90 valence electrons. The molecule has 2 N–H and O–H groups in total. The summed E-state index contributed by atoms with van der Waals surface area (Å²) in [5.41, 5.74) is 5.79. The predicted molar refractivity (Wildman–Crippen MR) is 59.0 cm³/mol. The second kappa shape index (κ2) is 4.75. The highest BCUT2D eigenvalue weighted by Gasteiger charge is 2.30. The van der Waals surface area contributed by atoms with Gasteiger partial charge in [0.25, 0.3) is 0 Å². The van der Waals surface area contributed by atoms with E-state index < -0.39 is 0 Å². The lowest BCUT2D eigenvalue weighted by atomic mass is 10.00. The number of rotatable bonds is 3. The largest absolute Gasteiger partial charge is 0.381 e. The maximum Gasteiger partial charge on any atom is 0.245 e. The minimum Gasteiger partial charge on any atom is -0.381 e. The average Bonchev–Trinajstić information content (AvgIpc) is 2.74. The topological polar surface area (TPSA) is 82.1 Å². The van der Waals surface area contributed by atoms with Crippen molar-refractivity contribution in [2.24, 2.45) is 12.8 Å². The minimum atomic E-state index is 0.253. The van der Waals surface area contributed by atoms with Crippen LogP contribution in [0.25, 0.3) is 0 Å². The molecule has 0 bridgehead atoms. The maximum absolute atomic E-state index is 5.79. The molecule has 1 saturated heterocycles. The first-order chi connectivity index (χ1) is 7.76. The monoisotopic (exact) mass is 226 g/mol. The first-order valence-electron chi connectivity index (χ1n) is 5.48. The zero-order valence-electron chi connectivity index (χ0n) is 9.70. The van der Waals surface area contributed by atoms with Crippen LogP contribution in [0, 0.1) is 0 Å². The molecule has 2 rings (SSSR count). The molecule has 1 aliphatic rings. The van der Waals surface area contributed by atoms with Crippen molar-refractivity contribution in [1.82, 2.24) is 20.2 Å². The van der Waals surface area contributed by atoms with Crippen molar-refractivity contribution in [3.8, 4) is 0 Å². The van der Waals surface area contributed by atoms with Crippen LogP contribution in [0.5, 0.6) is 0 Å². The van der Waals surface area contributed by atoms with Crippen molar-refractivity contribution >= 4 is 5.95 Å². The number of aryl methyl sites for hydroxylation is 1. The normalized spacial score (nSPS) is 26.1. The van der Waals surface area contributed by atoms with Crippen molar-refractivity contribution in [3.05, 3.63) is 0 Å². The number of anilines is 1. The standard InChI is InChI=1S/C9H18N6O/c1-14-9(11-12-13-14)15-4-3-8(16-2)5-7(15)6-10/h7-8H,3-6,10H2,1-2H3. The van der Waals surface area contributed by atoms with Gasteiger partial charge in [0, 0.05) is 33.3 Å². The van der Waals surface area contributed by atoms with Gasteiger partial charge in [-0.3, -0.25) is 0 Å². The zero-order chi connectivity index (χ0) is 11.5. The quantitative estimate of drug-likeness (QED) is 0.723. The van der Waals surface area contributed by atoms with Crippen LogP contribution in [0.3, 0.4) is 0 Å². The van der Waals surface area contributed by atoms with Crippen molar-refractivity contribution in [3.63, 3.8) is 0 Å². The number of hydrogen-bond donors (Lipinski definition) is 1. The van der Waals surface area contributed by atoms with Crippen LogP contribution in [0.15, 0.2) is 0 Å². The smallest absolute Gasteiger partial charge is 0.245 e. The van der Waals surface area contributed by atoms with Gasteiger partial charge in [0.05, 0.1) is 6.10 Å². The number of methoxy groups -OCH3 is 1.